The van der Waals surface area contributed by atoms with Gasteiger partial charge in [-0.1, -0.05) is 24.3 Å². The molecule has 0 radical (unpaired) electrons. The van der Waals surface area contributed by atoms with Crippen molar-refractivity contribution in [3.8, 4) is 0 Å². The number of aromatic nitrogens is 1. The van der Waals surface area contributed by atoms with Crippen LogP contribution < -0.4 is 9.62 Å². The van der Waals surface area contributed by atoms with Gasteiger partial charge >= 0.3 is 0 Å². The molecule has 8 heteroatoms. The number of nitrogens with zero attached hydrogens (tertiary/aromatic N) is 2. The number of halogens is 2. The predicted octanol–water partition coefficient (Wildman–Crippen LogP) is 3.46. The Morgan fingerprint density at radius 2 is 1.93 bits per heavy atom. The van der Waals surface area contributed by atoms with Gasteiger partial charge in [0.05, 0.1) is 11.3 Å². The van der Waals surface area contributed by atoms with Crippen LogP contribution in [0.3, 0.4) is 0 Å². The molecule has 1 aliphatic rings. The van der Waals surface area contributed by atoms with E-state index in [4.69, 9.17) is 0 Å². The molecule has 1 aliphatic heterocycles. The molecule has 0 amide bonds. The number of sulfonamides is 1. The molecule has 1 unspecified atom stereocenters. The van der Waals surface area contributed by atoms with Crippen LogP contribution in [-0.4, -0.2) is 33.0 Å². The van der Waals surface area contributed by atoms with Crippen LogP contribution in [0.15, 0.2) is 54.7 Å². The Bertz CT molecular complexity index is 1130. The number of fused-ring (bicyclic) bond motifs is 1. The summed E-state index contributed by atoms with van der Waals surface area (Å²) in [6.07, 6.45) is 2.43. The zero-order valence-electron chi connectivity index (χ0n) is 15.7. The Balaban J connectivity index is 1.38. The van der Waals surface area contributed by atoms with Crippen LogP contribution in [0.5, 0.6) is 0 Å². The zero-order chi connectivity index (χ0) is 20.4. The van der Waals surface area contributed by atoms with Crippen LogP contribution in [0.2, 0.25) is 0 Å². The fourth-order valence-corrected chi connectivity index (χ4v) is 4.93. The molecule has 5 nitrogen and oxygen atoms in total. The van der Waals surface area contributed by atoms with Crippen molar-refractivity contribution >= 4 is 26.6 Å². The molecule has 3 aromatic rings. The summed E-state index contributed by atoms with van der Waals surface area (Å²) in [6, 6.07) is 13.0. The molecular weight excluding hydrogens is 396 g/mol. The van der Waals surface area contributed by atoms with Gasteiger partial charge in [-0.05, 0) is 36.1 Å². The first kappa shape index (κ1) is 19.7. The molecule has 0 bridgehead atoms. The topological polar surface area (TPSA) is 62.3 Å². The highest BCUT2D eigenvalue weighted by Gasteiger charge is 2.25. The smallest absolute Gasteiger partial charge is 0.215 e. The SMILES string of the molecule is O=S(=O)(Cc1cccc2cccnc12)NCC1CCN(c2ccc(F)c(F)c2)C1. The number of hydrogen-bond acceptors (Lipinski definition) is 4. The van der Waals surface area contributed by atoms with Crippen molar-refractivity contribution in [3.05, 3.63) is 71.9 Å². The minimum absolute atomic E-state index is 0.100. The summed E-state index contributed by atoms with van der Waals surface area (Å²) in [6.45, 7) is 1.56. The summed E-state index contributed by atoms with van der Waals surface area (Å²) < 4.78 is 54.4. The lowest BCUT2D eigenvalue weighted by molar-refractivity contribution is 0.508. The quantitative estimate of drug-likeness (QED) is 0.667. The normalized spacial score (nSPS) is 17.2. The fourth-order valence-electron chi connectivity index (χ4n) is 3.70. The number of rotatable bonds is 6. The van der Waals surface area contributed by atoms with Crippen molar-refractivity contribution in [3.63, 3.8) is 0 Å². The van der Waals surface area contributed by atoms with Crippen molar-refractivity contribution in [2.45, 2.75) is 12.2 Å². The zero-order valence-corrected chi connectivity index (χ0v) is 16.5. The second kappa shape index (κ2) is 8.04. The molecule has 152 valence electrons. The molecule has 1 fully saturated rings. The van der Waals surface area contributed by atoms with Gasteiger partial charge in [-0.15, -0.1) is 0 Å². The van der Waals surface area contributed by atoms with Gasteiger partial charge in [-0.3, -0.25) is 4.98 Å². The highest BCUT2D eigenvalue weighted by molar-refractivity contribution is 7.88. The molecule has 2 aromatic carbocycles. The van der Waals surface area contributed by atoms with E-state index in [2.05, 4.69) is 9.71 Å². The number of nitrogens with one attached hydrogen (secondary N) is 1. The Hall–Kier alpha value is -2.58. The molecule has 1 atom stereocenters. The van der Waals surface area contributed by atoms with Crippen LogP contribution in [0.25, 0.3) is 10.9 Å². The average molecular weight is 417 g/mol. The largest absolute Gasteiger partial charge is 0.371 e. The van der Waals surface area contributed by atoms with Crippen LogP contribution in [0.4, 0.5) is 14.5 Å². The first-order valence-corrected chi connectivity index (χ1v) is 11.1. The third-order valence-corrected chi connectivity index (χ3v) is 6.51. The first-order chi connectivity index (χ1) is 13.9. The second-order valence-corrected chi connectivity index (χ2v) is 9.11. The highest BCUT2D eigenvalue weighted by atomic mass is 32.2. The van der Waals surface area contributed by atoms with Crippen LogP contribution in [-0.2, 0) is 15.8 Å². The number of para-hydroxylation sites is 1. The molecule has 1 N–H and O–H groups in total. The molecule has 1 aromatic heterocycles. The number of pyridine rings is 1. The molecule has 0 aliphatic carbocycles. The van der Waals surface area contributed by atoms with E-state index in [9.17, 15) is 17.2 Å². The van der Waals surface area contributed by atoms with Crippen molar-refractivity contribution in [2.24, 2.45) is 5.92 Å². The third-order valence-electron chi connectivity index (χ3n) is 5.21. The third kappa shape index (κ3) is 4.54. The molecule has 29 heavy (non-hydrogen) atoms. The van der Waals surface area contributed by atoms with Crippen LogP contribution in [0, 0.1) is 17.6 Å². The van der Waals surface area contributed by atoms with Gasteiger partial charge in [-0.25, -0.2) is 21.9 Å². The second-order valence-electron chi connectivity index (χ2n) is 7.30. The van der Waals surface area contributed by atoms with Gasteiger partial charge in [0, 0.05) is 43.0 Å². The van der Waals surface area contributed by atoms with E-state index >= 15 is 0 Å². The minimum atomic E-state index is -3.53. The highest BCUT2D eigenvalue weighted by Crippen LogP contribution is 2.25. The molecule has 4 rings (SSSR count). The number of benzene rings is 2. The lowest BCUT2D eigenvalue weighted by Gasteiger charge is -2.19. The Kier molecular flexibility index (Phi) is 5.47. The standard InChI is InChI=1S/C21H21F2N3O2S/c22-19-7-6-18(11-20(19)23)26-10-8-15(13-26)12-25-29(27,28)14-17-4-1-3-16-5-2-9-24-21(16)17/h1-7,9,11,15,25H,8,10,12-14H2. The Morgan fingerprint density at radius 1 is 1.10 bits per heavy atom. The maximum Gasteiger partial charge on any atom is 0.215 e. The number of anilines is 1. The summed E-state index contributed by atoms with van der Waals surface area (Å²) in [5.74, 6) is -1.79. The lowest BCUT2D eigenvalue weighted by atomic mass is 10.1. The monoisotopic (exact) mass is 417 g/mol. The number of hydrogen-bond donors (Lipinski definition) is 1. The molecule has 2 heterocycles. The molecule has 0 spiro atoms. The Morgan fingerprint density at radius 3 is 2.76 bits per heavy atom. The summed E-state index contributed by atoms with van der Waals surface area (Å²) in [7, 11) is -3.53. The van der Waals surface area contributed by atoms with Gasteiger partial charge in [0.15, 0.2) is 11.6 Å². The van der Waals surface area contributed by atoms with E-state index in [1.165, 1.54) is 6.07 Å². The van der Waals surface area contributed by atoms with E-state index < -0.39 is 21.7 Å². The molecule has 0 saturated carbocycles. The van der Waals surface area contributed by atoms with Crippen molar-refractivity contribution in [1.29, 1.82) is 0 Å². The molecule has 1 saturated heterocycles. The fraction of sp³-hybridized carbons (Fsp3) is 0.286. The molecular formula is C21H21F2N3O2S. The van der Waals surface area contributed by atoms with Gasteiger partial charge in [0.25, 0.3) is 0 Å². The van der Waals surface area contributed by atoms with Gasteiger partial charge in [0.1, 0.15) is 0 Å². The van der Waals surface area contributed by atoms with Crippen molar-refractivity contribution in [2.75, 3.05) is 24.5 Å². The maximum absolute atomic E-state index is 13.5. The van der Waals surface area contributed by atoms with E-state index in [0.717, 1.165) is 17.9 Å². The van der Waals surface area contributed by atoms with E-state index in [1.807, 2.05) is 29.2 Å². The first-order valence-electron chi connectivity index (χ1n) is 9.41. The summed E-state index contributed by atoms with van der Waals surface area (Å²) in [4.78, 5) is 6.24. The van der Waals surface area contributed by atoms with Crippen molar-refractivity contribution in [1.82, 2.24) is 9.71 Å². The Labute approximate surface area is 168 Å². The van der Waals surface area contributed by atoms with Gasteiger partial charge in [0.2, 0.25) is 10.0 Å². The summed E-state index contributed by atoms with van der Waals surface area (Å²) >= 11 is 0. The maximum atomic E-state index is 13.5. The van der Waals surface area contributed by atoms with Crippen molar-refractivity contribution < 1.29 is 17.2 Å². The lowest BCUT2D eigenvalue weighted by Crippen LogP contribution is -2.32. The van der Waals surface area contributed by atoms with Gasteiger partial charge in [-0.2, -0.15) is 0 Å². The van der Waals surface area contributed by atoms with Gasteiger partial charge < -0.3 is 4.90 Å². The van der Waals surface area contributed by atoms with E-state index in [0.29, 0.717) is 36.4 Å². The summed E-state index contributed by atoms with van der Waals surface area (Å²) in [5, 5.41) is 0.901. The van der Waals surface area contributed by atoms with Crippen LogP contribution >= 0.6 is 0 Å². The van der Waals surface area contributed by atoms with E-state index in [1.54, 1.807) is 18.3 Å². The van der Waals surface area contributed by atoms with Crippen LogP contribution in [0.1, 0.15) is 12.0 Å². The predicted molar refractivity (Wildman–Crippen MR) is 109 cm³/mol. The average Bonchev–Trinajstić information content (AvgIpc) is 3.18. The van der Waals surface area contributed by atoms with E-state index in [-0.39, 0.29) is 11.7 Å². The summed E-state index contributed by atoms with van der Waals surface area (Å²) in [5.41, 5.74) is 1.95. The minimum Gasteiger partial charge on any atom is -0.371 e.